The highest BCUT2D eigenvalue weighted by Crippen LogP contribution is 2.33. The number of nitrogens with two attached hydrogens (primary N) is 1. The van der Waals surface area contributed by atoms with Crippen molar-refractivity contribution in [1.29, 1.82) is 5.41 Å². The summed E-state index contributed by atoms with van der Waals surface area (Å²) in [5.41, 5.74) is 7.56. The van der Waals surface area contributed by atoms with Crippen LogP contribution in [-0.4, -0.2) is 17.3 Å². The third kappa shape index (κ3) is 2.95. The van der Waals surface area contributed by atoms with Gasteiger partial charge in [-0.05, 0) is 30.0 Å². The van der Waals surface area contributed by atoms with Gasteiger partial charge in [-0.1, -0.05) is 25.5 Å². The molecule has 1 aliphatic carbocycles. The van der Waals surface area contributed by atoms with Crippen LogP contribution in [0, 0.1) is 11.3 Å². The molecule has 0 amide bonds. The summed E-state index contributed by atoms with van der Waals surface area (Å²) in [6.07, 6.45) is 1.99. The number of ketones is 2. The van der Waals surface area contributed by atoms with Gasteiger partial charge in [-0.25, -0.2) is 0 Å². The first-order valence-corrected chi connectivity index (χ1v) is 7.01. The van der Waals surface area contributed by atoms with Crippen LogP contribution >= 0.6 is 0 Å². The molecule has 0 saturated heterocycles. The van der Waals surface area contributed by atoms with Gasteiger partial charge in [0.25, 0.3) is 0 Å². The van der Waals surface area contributed by atoms with E-state index in [4.69, 9.17) is 11.1 Å². The Morgan fingerprint density at radius 2 is 1.75 bits per heavy atom. The van der Waals surface area contributed by atoms with Crippen molar-refractivity contribution in [3.63, 3.8) is 0 Å². The minimum absolute atomic E-state index is 0.0683. The fourth-order valence-electron chi connectivity index (χ4n) is 2.78. The van der Waals surface area contributed by atoms with Crippen molar-refractivity contribution in [1.82, 2.24) is 0 Å². The molecular formula is C16H20N2O2. The summed E-state index contributed by atoms with van der Waals surface area (Å²) in [6, 6.07) is 7.32. The first-order chi connectivity index (χ1) is 9.52. The molecule has 0 spiro atoms. The van der Waals surface area contributed by atoms with Gasteiger partial charge in [0.15, 0.2) is 0 Å². The Kier molecular flexibility index (Phi) is 4.32. The van der Waals surface area contributed by atoms with Gasteiger partial charge < -0.3 is 11.1 Å². The minimum Gasteiger partial charge on any atom is -0.399 e. The van der Waals surface area contributed by atoms with Gasteiger partial charge in [-0.2, -0.15) is 0 Å². The largest absolute Gasteiger partial charge is 0.399 e. The Morgan fingerprint density at radius 1 is 1.20 bits per heavy atom. The maximum atomic E-state index is 12.2. The van der Waals surface area contributed by atoms with Crippen LogP contribution in [0.4, 0.5) is 5.69 Å². The molecule has 0 aliphatic heterocycles. The maximum Gasteiger partial charge on any atom is 0.149 e. The molecule has 1 aromatic rings. The molecular weight excluding hydrogens is 252 g/mol. The molecule has 106 valence electrons. The molecule has 1 aromatic carbocycles. The van der Waals surface area contributed by atoms with E-state index in [9.17, 15) is 9.59 Å². The molecule has 0 heterocycles. The number of nitrogens with one attached hydrogen (secondary N) is 1. The van der Waals surface area contributed by atoms with E-state index in [0.29, 0.717) is 24.9 Å². The topological polar surface area (TPSA) is 84.0 Å². The van der Waals surface area contributed by atoms with Crippen LogP contribution in [0.2, 0.25) is 0 Å². The predicted octanol–water partition coefficient (Wildman–Crippen LogP) is 2.72. The number of hydrogen-bond acceptors (Lipinski definition) is 4. The summed E-state index contributed by atoms with van der Waals surface area (Å²) in [5, 5.41) is 7.88. The second-order valence-electron chi connectivity index (χ2n) is 5.41. The number of anilines is 1. The molecule has 0 radical (unpaired) electrons. The average Bonchev–Trinajstić information content (AvgIpc) is 2.39. The molecule has 1 saturated carbocycles. The molecule has 0 unspecified atom stereocenters. The second kappa shape index (κ2) is 5.99. The number of carbonyl (C=O) groups is 2. The summed E-state index contributed by atoms with van der Waals surface area (Å²) < 4.78 is 0. The number of hydrogen-bond donors (Lipinski definition) is 2. The predicted molar refractivity (Wildman–Crippen MR) is 79.0 cm³/mol. The zero-order valence-electron chi connectivity index (χ0n) is 11.7. The molecule has 2 rings (SSSR count). The summed E-state index contributed by atoms with van der Waals surface area (Å²) in [7, 11) is 0. The Labute approximate surface area is 118 Å². The highest BCUT2D eigenvalue weighted by molar-refractivity contribution is 6.21. The fraction of sp³-hybridized carbons (Fsp3) is 0.438. The number of carbonyl (C=O) groups excluding carboxylic acids is 2. The molecule has 0 atom stereocenters. The average molecular weight is 272 g/mol. The molecule has 4 nitrogen and oxygen atoms in total. The number of nitrogen functional groups attached to an aromatic ring is 1. The normalized spacial score (nSPS) is 22.9. The summed E-state index contributed by atoms with van der Waals surface area (Å²) in [6.45, 7) is 1.95. The highest BCUT2D eigenvalue weighted by Gasteiger charge is 2.37. The van der Waals surface area contributed by atoms with E-state index in [2.05, 4.69) is 0 Å². The molecule has 0 aromatic heterocycles. The van der Waals surface area contributed by atoms with Crippen molar-refractivity contribution in [2.45, 2.75) is 38.5 Å². The van der Waals surface area contributed by atoms with Crippen LogP contribution in [0.5, 0.6) is 0 Å². The molecule has 3 N–H and O–H groups in total. The van der Waals surface area contributed by atoms with Gasteiger partial charge >= 0.3 is 0 Å². The van der Waals surface area contributed by atoms with Crippen molar-refractivity contribution < 1.29 is 9.59 Å². The SMILES string of the molecule is CCCC(=N)C1C(=O)CC(c2ccc(N)cc2)CC1=O. The zero-order chi connectivity index (χ0) is 14.7. The highest BCUT2D eigenvalue weighted by atomic mass is 16.2. The van der Waals surface area contributed by atoms with Crippen molar-refractivity contribution in [2.24, 2.45) is 5.92 Å². The van der Waals surface area contributed by atoms with Gasteiger partial charge in [0.05, 0.1) is 0 Å². The first-order valence-electron chi connectivity index (χ1n) is 7.01. The summed E-state index contributed by atoms with van der Waals surface area (Å²) >= 11 is 0. The Morgan fingerprint density at radius 3 is 2.25 bits per heavy atom. The monoisotopic (exact) mass is 272 g/mol. The lowest BCUT2D eigenvalue weighted by Crippen LogP contribution is -2.37. The number of benzene rings is 1. The third-order valence-electron chi connectivity index (χ3n) is 3.81. The lowest BCUT2D eigenvalue weighted by molar-refractivity contribution is -0.133. The van der Waals surface area contributed by atoms with E-state index in [1.807, 2.05) is 19.1 Å². The van der Waals surface area contributed by atoms with Crippen LogP contribution in [0.15, 0.2) is 24.3 Å². The van der Waals surface area contributed by atoms with Crippen molar-refractivity contribution in [2.75, 3.05) is 5.73 Å². The first kappa shape index (κ1) is 14.4. The van der Waals surface area contributed by atoms with Crippen LogP contribution in [0.3, 0.4) is 0 Å². The van der Waals surface area contributed by atoms with Crippen LogP contribution in [-0.2, 0) is 9.59 Å². The number of rotatable bonds is 4. The van der Waals surface area contributed by atoms with E-state index in [0.717, 1.165) is 12.0 Å². The Balaban J connectivity index is 2.13. The minimum atomic E-state index is -0.792. The van der Waals surface area contributed by atoms with Crippen LogP contribution < -0.4 is 5.73 Å². The van der Waals surface area contributed by atoms with Gasteiger partial charge in [0.1, 0.15) is 17.5 Å². The van der Waals surface area contributed by atoms with E-state index >= 15 is 0 Å². The molecule has 20 heavy (non-hydrogen) atoms. The fourth-order valence-corrected chi connectivity index (χ4v) is 2.78. The Bertz CT molecular complexity index is 516. The summed E-state index contributed by atoms with van der Waals surface area (Å²) in [4.78, 5) is 24.4. The van der Waals surface area contributed by atoms with Crippen LogP contribution in [0.25, 0.3) is 0 Å². The van der Waals surface area contributed by atoms with Crippen molar-refractivity contribution in [3.8, 4) is 0 Å². The molecule has 0 bridgehead atoms. The van der Waals surface area contributed by atoms with Crippen molar-refractivity contribution in [3.05, 3.63) is 29.8 Å². The standard InChI is InChI=1S/C16H20N2O2/c1-2-3-13(18)16-14(19)8-11(9-15(16)20)10-4-6-12(17)7-5-10/h4-7,11,16,18H,2-3,8-9,17H2,1H3. The van der Waals surface area contributed by atoms with Gasteiger partial charge in [0, 0.05) is 24.2 Å². The van der Waals surface area contributed by atoms with Crippen LogP contribution in [0.1, 0.15) is 44.1 Å². The zero-order valence-corrected chi connectivity index (χ0v) is 11.7. The number of Topliss-reactive ketones (excluding diaryl/α,β-unsaturated/α-hetero) is 2. The van der Waals surface area contributed by atoms with E-state index in [-0.39, 0.29) is 23.2 Å². The smallest absolute Gasteiger partial charge is 0.149 e. The maximum absolute atomic E-state index is 12.2. The van der Waals surface area contributed by atoms with Gasteiger partial charge in [0.2, 0.25) is 0 Å². The van der Waals surface area contributed by atoms with E-state index in [1.165, 1.54) is 0 Å². The van der Waals surface area contributed by atoms with Gasteiger partial charge in [-0.15, -0.1) is 0 Å². The van der Waals surface area contributed by atoms with Gasteiger partial charge in [-0.3, -0.25) is 9.59 Å². The third-order valence-corrected chi connectivity index (χ3v) is 3.81. The molecule has 1 fully saturated rings. The lowest BCUT2D eigenvalue weighted by Gasteiger charge is -2.27. The second-order valence-corrected chi connectivity index (χ2v) is 5.41. The quantitative estimate of drug-likeness (QED) is 0.502. The lowest BCUT2D eigenvalue weighted by atomic mass is 9.74. The Hall–Kier alpha value is -1.97. The van der Waals surface area contributed by atoms with E-state index in [1.54, 1.807) is 12.1 Å². The molecule has 1 aliphatic rings. The summed E-state index contributed by atoms with van der Waals surface area (Å²) in [5.74, 6) is -1.08. The molecule has 4 heteroatoms. The van der Waals surface area contributed by atoms with E-state index < -0.39 is 5.92 Å². The van der Waals surface area contributed by atoms with Crippen molar-refractivity contribution >= 4 is 23.0 Å².